The first-order valence-electron chi connectivity index (χ1n) is 9.41. The molecule has 0 spiro atoms. The number of carbonyl (C=O) groups excluding carboxylic acids is 2. The first kappa shape index (κ1) is 18.8. The number of hydrogen-bond donors (Lipinski definition) is 2. The fourth-order valence-corrected chi connectivity index (χ4v) is 3.45. The van der Waals surface area contributed by atoms with E-state index < -0.39 is 5.82 Å². The Kier molecular flexibility index (Phi) is 5.33. The summed E-state index contributed by atoms with van der Waals surface area (Å²) in [6.07, 6.45) is 4.74. The molecule has 2 N–H and O–H groups in total. The molecule has 0 bridgehead atoms. The van der Waals surface area contributed by atoms with Crippen LogP contribution in [0.2, 0.25) is 0 Å². The Bertz CT molecular complexity index is 1020. The van der Waals surface area contributed by atoms with E-state index in [0.29, 0.717) is 36.6 Å². The van der Waals surface area contributed by atoms with Crippen LogP contribution in [0.5, 0.6) is 0 Å². The number of amides is 2. The highest BCUT2D eigenvalue weighted by Gasteiger charge is 2.29. The number of aromatic nitrogens is 3. The van der Waals surface area contributed by atoms with E-state index in [0.717, 1.165) is 12.0 Å². The van der Waals surface area contributed by atoms with E-state index in [2.05, 4.69) is 20.5 Å². The molecular formula is C21H20FN5O2. The highest BCUT2D eigenvalue weighted by molar-refractivity contribution is 5.95. The van der Waals surface area contributed by atoms with Gasteiger partial charge in [-0.1, -0.05) is 6.07 Å². The molecule has 1 aliphatic rings. The summed E-state index contributed by atoms with van der Waals surface area (Å²) in [5.74, 6) is -1.17. The molecule has 1 fully saturated rings. The molecule has 7 nitrogen and oxygen atoms in total. The third-order valence-corrected chi connectivity index (χ3v) is 4.94. The third-order valence-electron chi connectivity index (χ3n) is 4.94. The Hall–Kier alpha value is -3.55. The largest absolute Gasteiger partial charge is 0.337 e. The molecule has 1 saturated heterocycles. The fraction of sp³-hybridized carbons (Fsp3) is 0.238. The number of H-pyrrole nitrogens is 1. The minimum Gasteiger partial charge on any atom is -0.337 e. The zero-order valence-electron chi connectivity index (χ0n) is 15.6. The number of anilines is 1. The number of hydrogen-bond acceptors (Lipinski definition) is 4. The summed E-state index contributed by atoms with van der Waals surface area (Å²) in [4.78, 5) is 31.2. The van der Waals surface area contributed by atoms with Crippen molar-refractivity contribution in [3.63, 3.8) is 0 Å². The van der Waals surface area contributed by atoms with E-state index in [1.54, 1.807) is 41.6 Å². The molecule has 8 heteroatoms. The lowest BCUT2D eigenvalue weighted by Crippen LogP contribution is -2.43. The van der Waals surface area contributed by atoms with Crippen molar-refractivity contribution in [2.45, 2.75) is 12.8 Å². The van der Waals surface area contributed by atoms with Gasteiger partial charge in [0.2, 0.25) is 5.91 Å². The smallest absolute Gasteiger partial charge is 0.271 e. The molecule has 1 aromatic carbocycles. The van der Waals surface area contributed by atoms with Crippen LogP contribution in [0.3, 0.4) is 0 Å². The van der Waals surface area contributed by atoms with Gasteiger partial charge in [0.25, 0.3) is 5.91 Å². The van der Waals surface area contributed by atoms with Gasteiger partial charge in [-0.3, -0.25) is 19.7 Å². The molecular weight excluding hydrogens is 373 g/mol. The summed E-state index contributed by atoms with van der Waals surface area (Å²) in [6, 6.07) is 11.1. The van der Waals surface area contributed by atoms with Crippen molar-refractivity contribution in [3.8, 4) is 11.3 Å². The Labute approximate surface area is 167 Å². The first-order valence-corrected chi connectivity index (χ1v) is 9.41. The summed E-state index contributed by atoms with van der Waals surface area (Å²) >= 11 is 0. The Balaban J connectivity index is 1.42. The van der Waals surface area contributed by atoms with Crippen LogP contribution in [0.15, 0.2) is 54.9 Å². The second kappa shape index (κ2) is 8.22. The molecule has 1 aliphatic heterocycles. The number of likely N-dealkylation sites (tertiary alicyclic amines) is 1. The van der Waals surface area contributed by atoms with Gasteiger partial charge in [0.15, 0.2) is 0 Å². The van der Waals surface area contributed by atoms with Crippen molar-refractivity contribution >= 4 is 17.5 Å². The van der Waals surface area contributed by atoms with Crippen molar-refractivity contribution < 1.29 is 14.0 Å². The number of benzene rings is 1. The lowest BCUT2D eigenvalue weighted by molar-refractivity contribution is -0.121. The highest BCUT2D eigenvalue weighted by Crippen LogP contribution is 2.22. The fourth-order valence-electron chi connectivity index (χ4n) is 3.45. The van der Waals surface area contributed by atoms with Gasteiger partial charge in [0.1, 0.15) is 11.5 Å². The van der Waals surface area contributed by atoms with Crippen molar-refractivity contribution in [3.05, 3.63) is 66.4 Å². The monoisotopic (exact) mass is 393 g/mol. The number of aromatic amines is 1. The van der Waals surface area contributed by atoms with E-state index in [9.17, 15) is 14.0 Å². The minimum absolute atomic E-state index is 0.198. The third kappa shape index (κ3) is 4.31. The molecule has 0 aliphatic carbocycles. The molecule has 2 aromatic heterocycles. The standard InChI is InChI=1S/C21H20FN5O2/c22-16-6-1-7-17(10-16)24-20(28)15-5-3-9-27(13-15)21(29)19-11-18(25-26-19)14-4-2-8-23-12-14/h1-2,4,6-8,10-12,15H,3,5,9,13H2,(H,24,28)(H,25,26)/t15-/m1/s1. The minimum atomic E-state index is -0.410. The summed E-state index contributed by atoms with van der Waals surface area (Å²) in [6.45, 7) is 0.880. The summed E-state index contributed by atoms with van der Waals surface area (Å²) in [7, 11) is 0. The average Bonchev–Trinajstić information content (AvgIpc) is 3.24. The van der Waals surface area contributed by atoms with Crippen LogP contribution in [-0.2, 0) is 4.79 Å². The van der Waals surface area contributed by atoms with Gasteiger partial charge in [-0.15, -0.1) is 0 Å². The maximum atomic E-state index is 13.3. The second-order valence-corrected chi connectivity index (χ2v) is 7.00. The van der Waals surface area contributed by atoms with E-state index >= 15 is 0 Å². The van der Waals surface area contributed by atoms with E-state index in [4.69, 9.17) is 0 Å². The van der Waals surface area contributed by atoms with Crippen LogP contribution >= 0.6 is 0 Å². The predicted molar refractivity (Wildman–Crippen MR) is 105 cm³/mol. The molecule has 4 rings (SSSR count). The van der Waals surface area contributed by atoms with Gasteiger partial charge in [0, 0.05) is 36.7 Å². The molecule has 148 valence electrons. The van der Waals surface area contributed by atoms with E-state index in [1.807, 2.05) is 6.07 Å². The number of carbonyl (C=O) groups is 2. The van der Waals surface area contributed by atoms with Crippen molar-refractivity contribution in [1.29, 1.82) is 0 Å². The SMILES string of the molecule is O=C(Nc1cccc(F)c1)[C@@H]1CCCN(C(=O)c2cc(-c3cccnc3)n[nH]2)C1. The van der Waals surface area contributed by atoms with E-state index in [-0.39, 0.29) is 17.7 Å². The number of nitrogens with one attached hydrogen (secondary N) is 2. The number of piperidine rings is 1. The van der Waals surface area contributed by atoms with Crippen LogP contribution in [0.1, 0.15) is 23.3 Å². The van der Waals surface area contributed by atoms with Crippen LogP contribution in [-0.4, -0.2) is 45.0 Å². The van der Waals surface area contributed by atoms with Gasteiger partial charge in [-0.25, -0.2) is 4.39 Å². The zero-order chi connectivity index (χ0) is 20.2. The molecule has 3 heterocycles. The molecule has 1 atom stereocenters. The van der Waals surface area contributed by atoms with Crippen LogP contribution in [0, 0.1) is 11.7 Å². The summed E-state index contributed by atoms with van der Waals surface area (Å²) in [5.41, 5.74) is 2.23. The molecule has 29 heavy (non-hydrogen) atoms. The Morgan fingerprint density at radius 1 is 1.21 bits per heavy atom. The van der Waals surface area contributed by atoms with Gasteiger partial charge >= 0.3 is 0 Å². The van der Waals surface area contributed by atoms with Crippen molar-refractivity contribution in [2.75, 3.05) is 18.4 Å². The van der Waals surface area contributed by atoms with Gasteiger partial charge in [-0.05, 0) is 49.2 Å². The number of halogens is 1. The lowest BCUT2D eigenvalue weighted by atomic mass is 9.96. The first-order chi connectivity index (χ1) is 14.1. The topological polar surface area (TPSA) is 91.0 Å². The van der Waals surface area contributed by atoms with Crippen molar-refractivity contribution in [1.82, 2.24) is 20.1 Å². The van der Waals surface area contributed by atoms with Crippen LogP contribution < -0.4 is 5.32 Å². The number of nitrogens with zero attached hydrogens (tertiary/aromatic N) is 3. The highest BCUT2D eigenvalue weighted by atomic mass is 19.1. The summed E-state index contributed by atoms with van der Waals surface area (Å²) < 4.78 is 13.3. The number of rotatable bonds is 4. The Morgan fingerprint density at radius 3 is 2.90 bits per heavy atom. The molecule has 0 saturated carbocycles. The quantitative estimate of drug-likeness (QED) is 0.713. The Morgan fingerprint density at radius 2 is 2.10 bits per heavy atom. The summed E-state index contributed by atoms with van der Waals surface area (Å²) in [5, 5.41) is 9.71. The van der Waals surface area contributed by atoms with E-state index in [1.165, 1.54) is 12.1 Å². The van der Waals surface area contributed by atoms with Crippen molar-refractivity contribution in [2.24, 2.45) is 5.92 Å². The van der Waals surface area contributed by atoms with Gasteiger partial charge < -0.3 is 10.2 Å². The van der Waals surface area contributed by atoms with Gasteiger partial charge in [-0.2, -0.15) is 5.10 Å². The molecule has 0 unspecified atom stereocenters. The number of pyridine rings is 1. The van der Waals surface area contributed by atoms with Crippen LogP contribution in [0.4, 0.5) is 10.1 Å². The average molecular weight is 393 g/mol. The molecule has 2 amide bonds. The van der Waals surface area contributed by atoms with Crippen LogP contribution in [0.25, 0.3) is 11.3 Å². The second-order valence-electron chi connectivity index (χ2n) is 7.00. The maximum absolute atomic E-state index is 13.3. The van der Waals surface area contributed by atoms with Gasteiger partial charge in [0.05, 0.1) is 11.6 Å². The maximum Gasteiger partial charge on any atom is 0.271 e. The predicted octanol–water partition coefficient (Wildman–Crippen LogP) is 3.10. The lowest BCUT2D eigenvalue weighted by Gasteiger charge is -2.31. The molecule has 3 aromatic rings. The molecule has 0 radical (unpaired) electrons. The zero-order valence-corrected chi connectivity index (χ0v) is 15.6. The normalized spacial score (nSPS) is 16.4.